The van der Waals surface area contributed by atoms with Crippen LogP contribution >= 0.6 is 12.2 Å². The summed E-state index contributed by atoms with van der Waals surface area (Å²) < 4.78 is 11.2. The third-order valence-electron chi connectivity index (χ3n) is 4.50. The summed E-state index contributed by atoms with van der Waals surface area (Å²) in [6.45, 7) is 2.23. The number of hydrazine groups is 1. The van der Waals surface area contributed by atoms with E-state index in [0.717, 1.165) is 12.0 Å². The Morgan fingerprint density at radius 3 is 2.33 bits per heavy atom. The highest BCUT2D eigenvalue weighted by atomic mass is 32.1. The highest BCUT2D eigenvalue weighted by molar-refractivity contribution is 7.80. The van der Waals surface area contributed by atoms with Crippen LogP contribution in [-0.4, -0.2) is 30.1 Å². The molecule has 170 valence electrons. The Bertz CT molecular complexity index is 1110. The van der Waals surface area contributed by atoms with Gasteiger partial charge < -0.3 is 9.47 Å². The van der Waals surface area contributed by atoms with Gasteiger partial charge in [0.05, 0.1) is 6.61 Å². The Morgan fingerprint density at radius 2 is 1.58 bits per heavy atom. The average molecular weight is 464 g/mol. The lowest BCUT2D eigenvalue weighted by Crippen LogP contribution is -2.49. The predicted molar refractivity (Wildman–Crippen MR) is 130 cm³/mol. The van der Waals surface area contributed by atoms with Crippen molar-refractivity contribution in [3.8, 4) is 11.5 Å². The maximum absolute atomic E-state index is 12.5. The van der Waals surface area contributed by atoms with Crippen molar-refractivity contribution in [1.29, 1.82) is 0 Å². The number of thiocarbonyl (C=S) groups is 1. The summed E-state index contributed by atoms with van der Waals surface area (Å²) in [5, 5.41) is 2.47. The van der Waals surface area contributed by atoms with E-state index in [1.807, 2.05) is 55.5 Å². The van der Waals surface area contributed by atoms with Gasteiger partial charge in [-0.3, -0.25) is 25.8 Å². The molecule has 0 saturated heterocycles. The number of rotatable bonds is 8. The van der Waals surface area contributed by atoms with Crippen LogP contribution in [0.1, 0.15) is 21.5 Å². The lowest BCUT2D eigenvalue weighted by atomic mass is 10.2. The van der Waals surface area contributed by atoms with Crippen molar-refractivity contribution in [2.45, 2.75) is 13.3 Å². The van der Waals surface area contributed by atoms with Gasteiger partial charge in [-0.15, -0.1) is 0 Å². The van der Waals surface area contributed by atoms with Crippen molar-refractivity contribution < 1.29 is 19.1 Å². The standard InChI is InChI=1S/C25H25N3O4S/c1-18-7-5-11-21(15-18)32-17-23(29)27-28-25(33)26-24(30)20-10-6-12-22(16-20)31-14-13-19-8-3-2-4-9-19/h2-12,15-16H,13-14,17H2,1H3,(H,27,29)(H2,26,28,30,33). The first-order valence-corrected chi connectivity index (χ1v) is 10.8. The van der Waals surface area contributed by atoms with Gasteiger partial charge in [0.15, 0.2) is 11.7 Å². The Hall–Kier alpha value is -3.91. The Labute approximate surface area is 198 Å². The summed E-state index contributed by atoms with van der Waals surface area (Å²) in [6, 6.07) is 24.2. The minimum absolute atomic E-state index is 0.0423. The van der Waals surface area contributed by atoms with Crippen LogP contribution in [0.4, 0.5) is 0 Å². The maximum atomic E-state index is 12.5. The summed E-state index contributed by atoms with van der Waals surface area (Å²) in [7, 11) is 0. The topological polar surface area (TPSA) is 88.7 Å². The number of aryl methyl sites for hydroxylation is 1. The van der Waals surface area contributed by atoms with Gasteiger partial charge in [0.25, 0.3) is 11.8 Å². The van der Waals surface area contributed by atoms with Crippen molar-refractivity contribution in [2.75, 3.05) is 13.2 Å². The number of carbonyl (C=O) groups excluding carboxylic acids is 2. The first-order chi connectivity index (χ1) is 16.0. The Balaban J connectivity index is 1.40. The summed E-state index contributed by atoms with van der Waals surface area (Å²) in [4.78, 5) is 24.4. The number of benzene rings is 3. The molecule has 2 amide bonds. The maximum Gasteiger partial charge on any atom is 0.276 e. The highest BCUT2D eigenvalue weighted by Crippen LogP contribution is 2.14. The molecule has 0 fully saturated rings. The molecule has 3 aromatic carbocycles. The van der Waals surface area contributed by atoms with E-state index in [2.05, 4.69) is 16.2 Å². The van der Waals surface area contributed by atoms with Crippen LogP contribution < -0.4 is 25.6 Å². The average Bonchev–Trinajstić information content (AvgIpc) is 2.82. The van der Waals surface area contributed by atoms with Gasteiger partial charge in [0.1, 0.15) is 11.5 Å². The van der Waals surface area contributed by atoms with Crippen molar-refractivity contribution >= 4 is 29.1 Å². The molecule has 0 bridgehead atoms. The van der Waals surface area contributed by atoms with E-state index in [1.165, 1.54) is 5.56 Å². The van der Waals surface area contributed by atoms with Gasteiger partial charge in [-0.25, -0.2) is 0 Å². The third-order valence-corrected chi connectivity index (χ3v) is 4.70. The van der Waals surface area contributed by atoms with Crippen LogP contribution in [0.25, 0.3) is 0 Å². The smallest absolute Gasteiger partial charge is 0.276 e. The molecule has 0 radical (unpaired) electrons. The molecule has 3 rings (SSSR count). The van der Waals surface area contributed by atoms with Crippen LogP contribution in [0.15, 0.2) is 78.9 Å². The molecule has 0 aliphatic rings. The monoisotopic (exact) mass is 463 g/mol. The lowest BCUT2D eigenvalue weighted by molar-refractivity contribution is -0.123. The lowest BCUT2D eigenvalue weighted by Gasteiger charge is -2.12. The van der Waals surface area contributed by atoms with Gasteiger partial charge in [-0.05, 0) is 60.6 Å². The van der Waals surface area contributed by atoms with Crippen molar-refractivity contribution in [3.05, 3.63) is 95.6 Å². The second kappa shape index (κ2) is 12.2. The van der Waals surface area contributed by atoms with E-state index < -0.39 is 11.8 Å². The minimum atomic E-state index is -0.443. The molecular formula is C25H25N3O4S. The minimum Gasteiger partial charge on any atom is -0.493 e. The first kappa shape index (κ1) is 23.7. The normalized spacial score (nSPS) is 10.1. The fourth-order valence-electron chi connectivity index (χ4n) is 2.88. The van der Waals surface area contributed by atoms with E-state index in [0.29, 0.717) is 23.7 Å². The molecule has 0 spiro atoms. The number of hydrogen-bond acceptors (Lipinski definition) is 5. The number of ether oxygens (including phenoxy) is 2. The molecule has 3 N–H and O–H groups in total. The molecule has 33 heavy (non-hydrogen) atoms. The zero-order chi connectivity index (χ0) is 23.5. The SMILES string of the molecule is Cc1cccc(OCC(=O)NNC(=S)NC(=O)c2cccc(OCCc3ccccc3)c2)c1. The van der Waals surface area contributed by atoms with Crippen molar-refractivity contribution in [1.82, 2.24) is 16.2 Å². The second-order valence-corrected chi connectivity index (χ2v) is 7.58. The summed E-state index contributed by atoms with van der Waals surface area (Å²) in [6.07, 6.45) is 0.762. The second-order valence-electron chi connectivity index (χ2n) is 7.17. The van der Waals surface area contributed by atoms with Crippen LogP contribution in [0.3, 0.4) is 0 Å². The number of amides is 2. The molecular weight excluding hydrogens is 438 g/mol. The molecule has 0 unspecified atom stereocenters. The van der Waals surface area contributed by atoms with E-state index >= 15 is 0 Å². The Kier molecular flexibility index (Phi) is 8.79. The zero-order valence-corrected chi connectivity index (χ0v) is 19.0. The highest BCUT2D eigenvalue weighted by Gasteiger charge is 2.10. The quantitative estimate of drug-likeness (QED) is 0.351. The van der Waals surface area contributed by atoms with Gasteiger partial charge >= 0.3 is 0 Å². The van der Waals surface area contributed by atoms with Crippen molar-refractivity contribution in [3.63, 3.8) is 0 Å². The van der Waals surface area contributed by atoms with Crippen LogP contribution in [-0.2, 0) is 11.2 Å². The first-order valence-electron chi connectivity index (χ1n) is 10.4. The summed E-state index contributed by atoms with van der Waals surface area (Å²) >= 11 is 5.07. The van der Waals surface area contributed by atoms with E-state index in [9.17, 15) is 9.59 Å². The number of hydrogen-bond donors (Lipinski definition) is 3. The molecule has 0 atom stereocenters. The van der Waals surface area contributed by atoms with E-state index in [1.54, 1.807) is 30.3 Å². The molecule has 8 heteroatoms. The third kappa shape index (κ3) is 8.27. The van der Waals surface area contributed by atoms with Gasteiger partial charge in [-0.2, -0.15) is 0 Å². The molecule has 0 aliphatic carbocycles. The van der Waals surface area contributed by atoms with E-state index in [4.69, 9.17) is 21.7 Å². The van der Waals surface area contributed by atoms with Crippen LogP contribution in [0.2, 0.25) is 0 Å². The molecule has 0 aromatic heterocycles. The number of carbonyl (C=O) groups is 2. The van der Waals surface area contributed by atoms with E-state index in [-0.39, 0.29) is 11.7 Å². The van der Waals surface area contributed by atoms with Crippen LogP contribution in [0, 0.1) is 6.92 Å². The number of nitrogens with one attached hydrogen (secondary N) is 3. The van der Waals surface area contributed by atoms with Crippen LogP contribution in [0.5, 0.6) is 11.5 Å². The van der Waals surface area contributed by atoms with Gasteiger partial charge in [-0.1, -0.05) is 48.5 Å². The summed E-state index contributed by atoms with van der Waals surface area (Å²) in [5.74, 6) is 0.305. The molecule has 7 nitrogen and oxygen atoms in total. The Morgan fingerprint density at radius 1 is 0.848 bits per heavy atom. The largest absolute Gasteiger partial charge is 0.493 e. The molecule has 0 heterocycles. The fraction of sp³-hybridized carbons (Fsp3) is 0.160. The van der Waals surface area contributed by atoms with Gasteiger partial charge in [0, 0.05) is 12.0 Å². The molecule has 0 aliphatic heterocycles. The molecule has 0 saturated carbocycles. The predicted octanol–water partition coefficient (Wildman–Crippen LogP) is 3.33. The van der Waals surface area contributed by atoms with Crippen molar-refractivity contribution in [2.24, 2.45) is 0 Å². The fourth-order valence-corrected chi connectivity index (χ4v) is 3.03. The zero-order valence-electron chi connectivity index (χ0n) is 18.2. The summed E-state index contributed by atoms with van der Waals surface area (Å²) in [5.41, 5.74) is 7.45. The van der Waals surface area contributed by atoms with Gasteiger partial charge in [0.2, 0.25) is 0 Å². The molecule has 3 aromatic rings.